The van der Waals surface area contributed by atoms with Gasteiger partial charge < -0.3 is 14.6 Å². The summed E-state index contributed by atoms with van der Waals surface area (Å²) in [6.45, 7) is 1.56. The second kappa shape index (κ2) is 13.0. The lowest BCUT2D eigenvalue weighted by Gasteiger charge is -2.12. The molecule has 0 unspecified atom stereocenters. The van der Waals surface area contributed by atoms with E-state index in [1.807, 2.05) is 40.5 Å². The Balaban J connectivity index is 1.79. The first-order valence-corrected chi connectivity index (χ1v) is 13.5. The summed E-state index contributed by atoms with van der Waals surface area (Å²) in [5.41, 5.74) is 2.58. The van der Waals surface area contributed by atoms with Crippen LogP contribution in [0.1, 0.15) is 18.4 Å². The van der Waals surface area contributed by atoms with Crippen LogP contribution in [0.3, 0.4) is 0 Å². The predicted molar refractivity (Wildman–Crippen MR) is 136 cm³/mol. The molecule has 0 bridgehead atoms. The van der Waals surface area contributed by atoms with E-state index in [1.54, 1.807) is 23.9 Å². The molecule has 3 rings (SSSR count). The highest BCUT2D eigenvalue weighted by molar-refractivity contribution is 7.98. The summed E-state index contributed by atoms with van der Waals surface area (Å²) >= 11 is 9.03. The topological polar surface area (TPSA) is 55.6 Å². The Morgan fingerprint density at radius 3 is 2.54 bits per heavy atom. The molecule has 0 spiro atoms. The lowest BCUT2D eigenvalue weighted by Crippen LogP contribution is -2.26. The van der Waals surface area contributed by atoms with Crippen LogP contribution in [0.25, 0.3) is 11.3 Å². The number of nitrogens with one attached hydrogen (secondary N) is 1. The number of hydrogen-bond donors (Lipinski definition) is 1. The number of benzene rings is 2. The zero-order chi connectivity index (χ0) is 25.3. The van der Waals surface area contributed by atoms with Crippen LogP contribution in [0.4, 0.5) is 13.2 Å². The Morgan fingerprint density at radius 2 is 1.89 bits per heavy atom. The predicted octanol–water partition coefficient (Wildman–Crippen LogP) is 6.13. The van der Waals surface area contributed by atoms with Crippen LogP contribution >= 0.6 is 34.7 Å². The van der Waals surface area contributed by atoms with Gasteiger partial charge in [-0.2, -0.15) is 11.8 Å². The largest absolute Gasteiger partial charge is 0.573 e. The number of thiazole rings is 1. The van der Waals surface area contributed by atoms with E-state index in [-0.39, 0.29) is 11.7 Å². The molecule has 5 nitrogen and oxygen atoms in total. The van der Waals surface area contributed by atoms with Gasteiger partial charge in [-0.1, -0.05) is 23.7 Å². The number of nitrogens with zero attached hydrogens (tertiary/aromatic N) is 2. The summed E-state index contributed by atoms with van der Waals surface area (Å²) in [7, 11) is 0. The molecule has 1 N–H and O–H groups in total. The smallest absolute Gasteiger partial charge is 0.406 e. The number of carbonyl (C=O) groups excluding carboxylic acids is 1. The molecule has 3 aromatic rings. The maximum atomic E-state index is 12.5. The van der Waals surface area contributed by atoms with E-state index in [2.05, 4.69) is 10.1 Å². The SMILES string of the molecule is CSCCC(=O)NCCCn1c(-c2ccc(OC(F)(F)F)cc2)csc1=NCc1ccc(Cl)cc1. The van der Waals surface area contributed by atoms with Crippen molar-refractivity contribution < 1.29 is 22.7 Å². The van der Waals surface area contributed by atoms with E-state index in [0.717, 1.165) is 27.4 Å². The first-order valence-electron chi connectivity index (χ1n) is 10.8. The summed E-state index contributed by atoms with van der Waals surface area (Å²) in [5.74, 6) is 0.517. The monoisotopic (exact) mass is 543 g/mol. The fraction of sp³-hybridized carbons (Fsp3) is 0.333. The zero-order valence-electron chi connectivity index (χ0n) is 19.0. The van der Waals surface area contributed by atoms with Crippen LogP contribution in [0.2, 0.25) is 5.02 Å². The quantitative estimate of drug-likeness (QED) is 0.296. The van der Waals surface area contributed by atoms with Crippen LogP contribution in [-0.2, 0) is 17.9 Å². The summed E-state index contributed by atoms with van der Waals surface area (Å²) in [6.07, 6.45) is -1.62. The average Bonchev–Trinajstić information content (AvgIpc) is 3.22. The van der Waals surface area contributed by atoms with E-state index in [1.165, 1.54) is 23.5 Å². The van der Waals surface area contributed by atoms with Crippen LogP contribution in [-0.4, -0.2) is 35.4 Å². The standard InChI is InChI=1S/C24H25ClF3N3O2S2/c1-34-14-11-22(32)29-12-2-13-31-21(18-5-9-20(10-6-18)33-24(26,27)28)16-35-23(31)30-15-17-3-7-19(25)8-4-17/h3-10,16H,2,11-15H2,1H3,(H,29,32). The summed E-state index contributed by atoms with van der Waals surface area (Å²) < 4.78 is 43.5. The van der Waals surface area contributed by atoms with Gasteiger partial charge >= 0.3 is 6.36 Å². The van der Waals surface area contributed by atoms with Gasteiger partial charge in [0.05, 0.1) is 12.2 Å². The minimum atomic E-state index is -4.74. The molecule has 35 heavy (non-hydrogen) atoms. The van der Waals surface area contributed by atoms with Gasteiger partial charge in [-0.25, -0.2) is 0 Å². The van der Waals surface area contributed by atoms with Gasteiger partial charge in [-0.3, -0.25) is 9.79 Å². The summed E-state index contributed by atoms with van der Waals surface area (Å²) in [4.78, 5) is 17.4. The molecular weight excluding hydrogens is 519 g/mol. The van der Waals surface area contributed by atoms with Gasteiger partial charge in [0.25, 0.3) is 0 Å². The maximum Gasteiger partial charge on any atom is 0.573 e. The molecule has 1 aromatic heterocycles. The Morgan fingerprint density at radius 1 is 1.17 bits per heavy atom. The average molecular weight is 544 g/mol. The normalized spacial score (nSPS) is 12.1. The number of amides is 1. The third-order valence-electron chi connectivity index (χ3n) is 4.91. The van der Waals surface area contributed by atoms with Crippen LogP contribution in [0, 0.1) is 0 Å². The van der Waals surface area contributed by atoms with Crippen molar-refractivity contribution in [3.8, 4) is 17.0 Å². The highest BCUT2D eigenvalue weighted by Gasteiger charge is 2.31. The third kappa shape index (κ3) is 8.94. The first kappa shape index (κ1) is 27.2. The minimum absolute atomic E-state index is 0.0165. The van der Waals surface area contributed by atoms with Crippen LogP contribution < -0.4 is 14.9 Å². The molecule has 11 heteroatoms. The minimum Gasteiger partial charge on any atom is -0.406 e. The van der Waals surface area contributed by atoms with E-state index in [4.69, 9.17) is 16.6 Å². The molecule has 0 fully saturated rings. The molecular formula is C24H25ClF3N3O2S2. The Bertz CT molecular complexity index is 1160. The van der Waals surface area contributed by atoms with Gasteiger partial charge in [-0.15, -0.1) is 24.5 Å². The number of hydrogen-bond acceptors (Lipinski definition) is 5. The highest BCUT2D eigenvalue weighted by atomic mass is 35.5. The fourth-order valence-corrected chi connectivity index (χ4v) is 4.68. The number of rotatable bonds is 11. The van der Waals surface area contributed by atoms with Gasteiger partial charge in [-0.05, 0) is 60.2 Å². The van der Waals surface area contributed by atoms with Crippen molar-refractivity contribution >= 4 is 40.6 Å². The molecule has 2 aromatic carbocycles. The molecule has 0 aliphatic rings. The molecule has 0 saturated carbocycles. The summed E-state index contributed by atoms with van der Waals surface area (Å²) in [6, 6.07) is 13.2. The third-order valence-corrected chi connectivity index (χ3v) is 6.67. The molecule has 0 radical (unpaired) electrons. The number of halogens is 4. The van der Waals surface area contributed by atoms with Gasteiger partial charge in [0.15, 0.2) is 4.80 Å². The second-order valence-electron chi connectivity index (χ2n) is 7.52. The zero-order valence-corrected chi connectivity index (χ0v) is 21.4. The molecule has 0 atom stereocenters. The van der Waals surface area contributed by atoms with Crippen molar-refractivity contribution in [1.82, 2.24) is 9.88 Å². The number of alkyl halides is 3. The highest BCUT2D eigenvalue weighted by Crippen LogP contribution is 2.27. The molecule has 1 amide bonds. The maximum absolute atomic E-state index is 12.5. The van der Waals surface area contributed by atoms with Crippen molar-refractivity contribution in [2.24, 2.45) is 4.99 Å². The van der Waals surface area contributed by atoms with E-state index in [9.17, 15) is 18.0 Å². The number of thioether (sulfide) groups is 1. The van der Waals surface area contributed by atoms with Gasteiger partial charge in [0.2, 0.25) is 5.91 Å². The lowest BCUT2D eigenvalue weighted by atomic mass is 10.1. The molecule has 0 aliphatic heterocycles. The van der Waals surface area contributed by atoms with Gasteiger partial charge in [0, 0.05) is 35.7 Å². The Labute approximate surface area is 215 Å². The van der Waals surface area contributed by atoms with E-state index < -0.39 is 6.36 Å². The number of carbonyl (C=O) groups is 1. The second-order valence-corrected chi connectivity index (χ2v) is 9.77. The van der Waals surface area contributed by atoms with Crippen molar-refractivity contribution in [2.45, 2.75) is 32.3 Å². The van der Waals surface area contributed by atoms with Crippen molar-refractivity contribution in [2.75, 3.05) is 18.6 Å². The molecule has 1 heterocycles. The van der Waals surface area contributed by atoms with Crippen LogP contribution in [0.15, 0.2) is 58.9 Å². The number of ether oxygens (including phenoxy) is 1. The number of aromatic nitrogens is 1. The van der Waals surface area contributed by atoms with Gasteiger partial charge in [0.1, 0.15) is 5.75 Å². The summed E-state index contributed by atoms with van der Waals surface area (Å²) in [5, 5.41) is 5.50. The Hall–Kier alpha value is -2.43. The molecule has 0 saturated heterocycles. The first-order chi connectivity index (χ1) is 16.7. The Kier molecular flexibility index (Phi) is 10.1. The lowest BCUT2D eigenvalue weighted by molar-refractivity contribution is -0.274. The van der Waals surface area contributed by atoms with Crippen molar-refractivity contribution in [3.05, 3.63) is 69.3 Å². The van der Waals surface area contributed by atoms with E-state index >= 15 is 0 Å². The fourth-order valence-electron chi connectivity index (χ4n) is 3.23. The van der Waals surface area contributed by atoms with Crippen molar-refractivity contribution in [3.63, 3.8) is 0 Å². The molecule has 0 aliphatic carbocycles. The van der Waals surface area contributed by atoms with E-state index in [0.29, 0.717) is 37.5 Å². The van der Waals surface area contributed by atoms with Crippen molar-refractivity contribution in [1.29, 1.82) is 0 Å². The molecule has 188 valence electrons. The van der Waals surface area contributed by atoms with Crippen LogP contribution in [0.5, 0.6) is 5.75 Å².